The number of benzene rings is 1. The Balaban J connectivity index is 2.30. The number of carboxylic acid groups (broad SMARTS) is 1. The smallest absolute Gasteiger partial charge is 0.356 e. The minimum Gasteiger partial charge on any atom is -0.476 e. The van der Waals surface area contributed by atoms with Gasteiger partial charge in [-0.1, -0.05) is 0 Å². The number of amides is 1. The van der Waals surface area contributed by atoms with Gasteiger partial charge in [-0.15, -0.1) is 0 Å². The molecular formula is C14H11FN2O3. The molecule has 1 amide bonds. The molecule has 0 aliphatic heterocycles. The van der Waals surface area contributed by atoms with Crippen molar-refractivity contribution in [2.24, 2.45) is 0 Å². The van der Waals surface area contributed by atoms with Crippen molar-refractivity contribution in [1.82, 2.24) is 4.98 Å². The number of aromatic carboxylic acids is 1. The highest BCUT2D eigenvalue weighted by atomic mass is 19.1. The zero-order valence-electron chi connectivity index (χ0n) is 10.6. The first-order valence-electron chi connectivity index (χ1n) is 5.75. The van der Waals surface area contributed by atoms with E-state index in [4.69, 9.17) is 5.11 Å². The maximum absolute atomic E-state index is 13.0. The number of hydrogen-bond donors (Lipinski definition) is 2. The zero-order valence-corrected chi connectivity index (χ0v) is 10.6. The molecule has 0 fully saturated rings. The van der Waals surface area contributed by atoms with Gasteiger partial charge in [0, 0.05) is 11.8 Å². The number of aromatic nitrogens is 1. The second kappa shape index (κ2) is 5.48. The molecule has 0 bridgehead atoms. The number of nitrogens with one attached hydrogen (secondary N) is 1. The molecule has 0 aliphatic rings. The van der Waals surface area contributed by atoms with Crippen molar-refractivity contribution in [3.05, 3.63) is 59.2 Å². The molecule has 1 aromatic heterocycles. The van der Waals surface area contributed by atoms with Crippen LogP contribution in [0.3, 0.4) is 0 Å². The lowest BCUT2D eigenvalue weighted by Crippen LogP contribution is -2.16. The van der Waals surface area contributed by atoms with Crippen LogP contribution in [0.15, 0.2) is 36.5 Å². The Morgan fingerprint density at radius 1 is 1.30 bits per heavy atom. The van der Waals surface area contributed by atoms with Crippen LogP contribution in [0.4, 0.5) is 10.1 Å². The van der Waals surface area contributed by atoms with Crippen LogP contribution in [0, 0.1) is 12.7 Å². The molecule has 2 rings (SSSR count). The number of rotatable bonds is 3. The molecule has 2 N–H and O–H groups in total. The molecule has 0 saturated carbocycles. The highest BCUT2D eigenvalue weighted by molar-refractivity contribution is 6.07. The fourth-order valence-corrected chi connectivity index (χ4v) is 1.75. The Bertz CT molecular complexity index is 686. The van der Waals surface area contributed by atoms with Gasteiger partial charge >= 0.3 is 5.97 Å². The Hall–Kier alpha value is -2.76. The highest BCUT2D eigenvalue weighted by Crippen LogP contribution is 2.16. The third kappa shape index (κ3) is 2.80. The van der Waals surface area contributed by atoms with Crippen molar-refractivity contribution in [2.45, 2.75) is 6.92 Å². The molecule has 0 radical (unpaired) electrons. The van der Waals surface area contributed by atoms with Gasteiger partial charge in [0.15, 0.2) is 5.69 Å². The minimum atomic E-state index is -1.24. The second-order valence-electron chi connectivity index (χ2n) is 4.12. The average molecular weight is 274 g/mol. The minimum absolute atomic E-state index is 0.0914. The fraction of sp³-hybridized carbons (Fsp3) is 0.0714. The molecule has 5 nitrogen and oxygen atoms in total. The van der Waals surface area contributed by atoms with Crippen LogP contribution in [-0.4, -0.2) is 22.0 Å². The predicted molar refractivity (Wildman–Crippen MR) is 70.3 cm³/mol. The lowest BCUT2D eigenvalue weighted by atomic mass is 10.1. The molecule has 0 saturated heterocycles. The van der Waals surface area contributed by atoms with Crippen molar-refractivity contribution < 1.29 is 19.1 Å². The van der Waals surface area contributed by atoms with E-state index in [9.17, 15) is 14.0 Å². The number of halogens is 1. The van der Waals surface area contributed by atoms with Gasteiger partial charge in [0.05, 0.1) is 5.69 Å². The van der Waals surface area contributed by atoms with Crippen LogP contribution < -0.4 is 5.32 Å². The molecule has 102 valence electrons. The summed E-state index contributed by atoms with van der Waals surface area (Å²) in [7, 11) is 0. The number of hydrogen-bond acceptors (Lipinski definition) is 3. The predicted octanol–water partition coefficient (Wildman–Crippen LogP) is 2.48. The van der Waals surface area contributed by atoms with Gasteiger partial charge in [-0.2, -0.15) is 0 Å². The third-order valence-corrected chi connectivity index (χ3v) is 2.69. The van der Waals surface area contributed by atoms with E-state index in [1.54, 1.807) is 6.92 Å². The SMILES string of the molecule is Cc1cc(F)ccc1C(=O)Nc1cccnc1C(=O)O. The Kier molecular flexibility index (Phi) is 3.74. The standard InChI is InChI=1S/C14H11FN2O3/c1-8-7-9(15)4-5-10(8)13(18)17-11-3-2-6-16-12(11)14(19)20/h2-7H,1H3,(H,17,18)(H,19,20). The Labute approximate surface area is 114 Å². The summed E-state index contributed by atoms with van der Waals surface area (Å²) in [5.41, 5.74) is 0.573. The highest BCUT2D eigenvalue weighted by Gasteiger charge is 2.15. The number of anilines is 1. The normalized spacial score (nSPS) is 10.1. The van der Waals surface area contributed by atoms with Gasteiger partial charge in [-0.3, -0.25) is 4.79 Å². The monoisotopic (exact) mass is 274 g/mol. The first-order chi connectivity index (χ1) is 9.49. The lowest BCUT2D eigenvalue weighted by molar-refractivity contribution is 0.0691. The Morgan fingerprint density at radius 2 is 2.05 bits per heavy atom. The molecule has 1 aromatic carbocycles. The van der Waals surface area contributed by atoms with Gasteiger partial charge < -0.3 is 10.4 Å². The van der Waals surface area contributed by atoms with Crippen LogP contribution in [0.2, 0.25) is 0 Å². The Morgan fingerprint density at radius 3 is 2.70 bits per heavy atom. The van der Waals surface area contributed by atoms with E-state index in [1.807, 2.05) is 0 Å². The fourth-order valence-electron chi connectivity index (χ4n) is 1.75. The largest absolute Gasteiger partial charge is 0.476 e. The van der Waals surface area contributed by atoms with E-state index in [0.717, 1.165) is 0 Å². The first kappa shape index (κ1) is 13.7. The number of nitrogens with zero attached hydrogens (tertiary/aromatic N) is 1. The van der Waals surface area contributed by atoms with E-state index in [1.165, 1.54) is 36.5 Å². The van der Waals surface area contributed by atoms with Gasteiger partial charge in [0.25, 0.3) is 5.91 Å². The molecule has 0 spiro atoms. The maximum atomic E-state index is 13.0. The summed E-state index contributed by atoms with van der Waals surface area (Å²) >= 11 is 0. The van der Waals surface area contributed by atoms with E-state index in [-0.39, 0.29) is 16.9 Å². The van der Waals surface area contributed by atoms with Crippen molar-refractivity contribution in [1.29, 1.82) is 0 Å². The molecular weight excluding hydrogens is 263 g/mol. The quantitative estimate of drug-likeness (QED) is 0.901. The summed E-state index contributed by atoms with van der Waals surface area (Å²) in [6.07, 6.45) is 1.32. The summed E-state index contributed by atoms with van der Waals surface area (Å²) in [6.45, 7) is 1.60. The number of carbonyl (C=O) groups is 2. The van der Waals surface area contributed by atoms with E-state index < -0.39 is 17.7 Å². The van der Waals surface area contributed by atoms with Crippen molar-refractivity contribution in [3.63, 3.8) is 0 Å². The lowest BCUT2D eigenvalue weighted by Gasteiger charge is -2.09. The van der Waals surface area contributed by atoms with E-state index in [0.29, 0.717) is 5.56 Å². The van der Waals surface area contributed by atoms with Gasteiger partial charge in [0.2, 0.25) is 0 Å². The summed E-state index contributed by atoms with van der Waals surface area (Å²) < 4.78 is 13.0. The zero-order chi connectivity index (χ0) is 14.7. The van der Waals surface area contributed by atoms with Crippen LogP contribution in [0.25, 0.3) is 0 Å². The van der Waals surface area contributed by atoms with Crippen LogP contribution in [-0.2, 0) is 0 Å². The molecule has 20 heavy (non-hydrogen) atoms. The summed E-state index contributed by atoms with van der Waals surface area (Å²) in [6, 6.07) is 6.70. The van der Waals surface area contributed by atoms with Crippen molar-refractivity contribution in [2.75, 3.05) is 5.32 Å². The van der Waals surface area contributed by atoms with E-state index in [2.05, 4.69) is 10.3 Å². The van der Waals surface area contributed by atoms with Crippen LogP contribution in [0.1, 0.15) is 26.4 Å². The molecule has 0 atom stereocenters. The number of carbonyl (C=O) groups excluding carboxylic acids is 1. The van der Waals surface area contributed by atoms with Crippen LogP contribution in [0.5, 0.6) is 0 Å². The van der Waals surface area contributed by atoms with Gasteiger partial charge in [-0.25, -0.2) is 14.2 Å². The molecule has 0 aliphatic carbocycles. The van der Waals surface area contributed by atoms with E-state index >= 15 is 0 Å². The topological polar surface area (TPSA) is 79.3 Å². The first-order valence-corrected chi connectivity index (χ1v) is 5.75. The number of carboxylic acids is 1. The summed E-state index contributed by atoms with van der Waals surface area (Å²) in [5, 5.41) is 11.4. The van der Waals surface area contributed by atoms with Gasteiger partial charge in [0.1, 0.15) is 5.82 Å². The molecule has 2 aromatic rings. The second-order valence-corrected chi connectivity index (χ2v) is 4.12. The third-order valence-electron chi connectivity index (χ3n) is 2.69. The summed E-state index contributed by atoms with van der Waals surface area (Å²) in [4.78, 5) is 26.7. The molecule has 6 heteroatoms. The van der Waals surface area contributed by atoms with Crippen molar-refractivity contribution in [3.8, 4) is 0 Å². The number of pyridine rings is 1. The van der Waals surface area contributed by atoms with Crippen molar-refractivity contribution >= 4 is 17.6 Å². The maximum Gasteiger partial charge on any atom is 0.356 e. The van der Waals surface area contributed by atoms with Gasteiger partial charge in [-0.05, 0) is 42.8 Å². The molecule has 1 heterocycles. The van der Waals surface area contributed by atoms with Crippen LogP contribution >= 0.6 is 0 Å². The molecule has 0 unspecified atom stereocenters. The average Bonchev–Trinajstić information content (AvgIpc) is 2.38. The summed E-state index contributed by atoms with van der Waals surface area (Å²) in [5.74, 6) is -2.19. The number of aryl methyl sites for hydroxylation is 1.